The van der Waals surface area contributed by atoms with Crippen LogP contribution in [-0.4, -0.2) is 16.6 Å². The lowest BCUT2D eigenvalue weighted by molar-refractivity contribution is 0.104. The molecule has 2 aromatic carbocycles. The highest BCUT2D eigenvalue weighted by Gasteiger charge is 2.03. The molecular formula is C26H34O2S. The summed E-state index contributed by atoms with van der Waals surface area (Å²) in [6.07, 6.45) is 15.4. The number of ketones is 1. The van der Waals surface area contributed by atoms with Crippen molar-refractivity contribution in [3.8, 4) is 5.75 Å². The highest BCUT2D eigenvalue weighted by atomic mass is 32.2. The average Bonchev–Trinajstić information content (AvgIpc) is 2.75. The Hall–Kier alpha value is -2.00. The summed E-state index contributed by atoms with van der Waals surface area (Å²) in [4.78, 5) is 13.5. The number of allylic oxidation sites excluding steroid dienone is 1. The van der Waals surface area contributed by atoms with Gasteiger partial charge in [0.15, 0.2) is 5.78 Å². The van der Waals surface area contributed by atoms with E-state index in [-0.39, 0.29) is 11.5 Å². The van der Waals surface area contributed by atoms with Crippen LogP contribution in [0.15, 0.2) is 59.5 Å². The van der Waals surface area contributed by atoms with Crippen molar-refractivity contribution >= 4 is 23.6 Å². The number of thioether (sulfide) groups is 1. The average molecular weight is 411 g/mol. The molecule has 0 spiro atoms. The summed E-state index contributed by atoms with van der Waals surface area (Å²) < 4.78 is 0. The van der Waals surface area contributed by atoms with Crippen molar-refractivity contribution in [1.29, 1.82) is 0 Å². The van der Waals surface area contributed by atoms with Gasteiger partial charge < -0.3 is 5.11 Å². The first-order valence-corrected chi connectivity index (χ1v) is 11.9. The normalized spacial score (nSPS) is 11.2. The number of carbonyl (C=O) groups is 1. The molecule has 0 bridgehead atoms. The largest absolute Gasteiger partial charge is 0.507 e. The van der Waals surface area contributed by atoms with Gasteiger partial charge in [-0.2, -0.15) is 0 Å². The highest BCUT2D eigenvalue weighted by Crippen LogP contribution is 2.22. The van der Waals surface area contributed by atoms with Gasteiger partial charge in [-0.1, -0.05) is 76.5 Å². The van der Waals surface area contributed by atoms with Crippen molar-refractivity contribution in [1.82, 2.24) is 0 Å². The Labute approximate surface area is 180 Å². The number of hydrogen-bond acceptors (Lipinski definition) is 3. The Bertz CT molecular complexity index is 750. The van der Waals surface area contributed by atoms with Crippen LogP contribution in [0, 0.1) is 0 Å². The third-order valence-corrected chi connectivity index (χ3v) is 6.10. The van der Waals surface area contributed by atoms with Crippen LogP contribution in [0.3, 0.4) is 0 Å². The number of phenolic OH excluding ortho intramolecular Hbond substituents is 1. The Morgan fingerprint density at radius 1 is 0.862 bits per heavy atom. The van der Waals surface area contributed by atoms with Gasteiger partial charge in [-0.15, -0.1) is 11.8 Å². The number of rotatable bonds is 14. The minimum Gasteiger partial charge on any atom is -0.507 e. The topological polar surface area (TPSA) is 37.3 Å². The van der Waals surface area contributed by atoms with Gasteiger partial charge in [0.1, 0.15) is 5.75 Å². The van der Waals surface area contributed by atoms with E-state index in [4.69, 9.17) is 0 Å². The number of aromatic hydroxyl groups is 1. The Balaban J connectivity index is 1.64. The van der Waals surface area contributed by atoms with E-state index >= 15 is 0 Å². The van der Waals surface area contributed by atoms with E-state index in [1.807, 2.05) is 42.1 Å². The van der Waals surface area contributed by atoms with Crippen LogP contribution in [0.1, 0.15) is 80.6 Å². The third kappa shape index (κ3) is 9.36. The van der Waals surface area contributed by atoms with E-state index in [1.165, 1.54) is 68.8 Å². The van der Waals surface area contributed by atoms with Crippen LogP contribution in [0.25, 0.3) is 6.08 Å². The van der Waals surface area contributed by atoms with Crippen LogP contribution in [0.2, 0.25) is 0 Å². The predicted molar refractivity (Wildman–Crippen MR) is 126 cm³/mol. The minimum atomic E-state index is -0.0521. The molecule has 2 aromatic rings. The molecule has 156 valence electrons. The van der Waals surface area contributed by atoms with Crippen molar-refractivity contribution < 1.29 is 9.90 Å². The molecule has 1 N–H and O–H groups in total. The van der Waals surface area contributed by atoms with Gasteiger partial charge >= 0.3 is 0 Å². The lowest BCUT2D eigenvalue weighted by atomic mass is 10.1. The van der Waals surface area contributed by atoms with Crippen LogP contribution in [0.4, 0.5) is 0 Å². The van der Waals surface area contributed by atoms with Crippen LogP contribution >= 0.6 is 11.8 Å². The molecule has 2 rings (SSSR count). The van der Waals surface area contributed by atoms with Gasteiger partial charge in [0.05, 0.1) is 0 Å². The van der Waals surface area contributed by atoms with Crippen molar-refractivity contribution in [3.63, 3.8) is 0 Å². The molecule has 0 aliphatic carbocycles. The fraction of sp³-hybridized carbons (Fsp3) is 0.423. The van der Waals surface area contributed by atoms with Crippen molar-refractivity contribution in [2.45, 2.75) is 69.6 Å². The predicted octanol–water partition coefficient (Wildman–Crippen LogP) is 7.91. The number of para-hydroxylation sites is 1. The molecule has 0 fully saturated rings. The van der Waals surface area contributed by atoms with Crippen molar-refractivity contribution in [3.05, 3.63) is 65.7 Å². The summed E-state index contributed by atoms with van der Waals surface area (Å²) in [5.41, 5.74) is 1.32. The first kappa shape index (κ1) is 23.3. The number of hydrogen-bond donors (Lipinski definition) is 1. The summed E-state index contributed by atoms with van der Waals surface area (Å²) in [6, 6.07) is 14.8. The van der Waals surface area contributed by atoms with E-state index in [0.717, 1.165) is 5.75 Å². The van der Waals surface area contributed by atoms with E-state index in [1.54, 1.807) is 24.3 Å². The molecule has 3 heteroatoms. The maximum atomic E-state index is 12.3. The highest BCUT2D eigenvalue weighted by molar-refractivity contribution is 7.99. The summed E-state index contributed by atoms with van der Waals surface area (Å²) in [6.45, 7) is 2.26. The monoisotopic (exact) mass is 410 g/mol. The summed E-state index contributed by atoms with van der Waals surface area (Å²) in [5, 5.41) is 9.76. The van der Waals surface area contributed by atoms with E-state index in [9.17, 15) is 9.90 Å². The zero-order chi connectivity index (χ0) is 20.7. The summed E-state index contributed by atoms with van der Waals surface area (Å²) in [7, 11) is 0. The molecule has 0 radical (unpaired) electrons. The van der Waals surface area contributed by atoms with E-state index in [0.29, 0.717) is 11.1 Å². The summed E-state index contributed by atoms with van der Waals surface area (Å²) in [5.74, 6) is 1.26. The summed E-state index contributed by atoms with van der Waals surface area (Å²) >= 11 is 1.87. The van der Waals surface area contributed by atoms with Crippen LogP contribution in [-0.2, 0) is 0 Å². The maximum absolute atomic E-state index is 12.3. The second-order valence-corrected chi connectivity index (χ2v) is 8.63. The van der Waals surface area contributed by atoms with Crippen molar-refractivity contribution in [2.24, 2.45) is 0 Å². The Morgan fingerprint density at radius 3 is 2.14 bits per heavy atom. The van der Waals surface area contributed by atoms with Gasteiger partial charge in [0.2, 0.25) is 0 Å². The van der Waals surface area contributed by atoms with Gasteiger partial charge in [0.25, 0.3) is 0 Å². The van der Waals surface area contributed by atoms with Crippen molar-refractivity contribution in [2.75, 3.05) is 5.75 Å². The second-order valence-electron chi connectivity index (χ2n) is 7.46. The standard InChI is InChI=1S/C26H34O2S/c1-2-3-4-5-6-7-8-9-12-21-29-24-18-15-23(16-19-24)26(28)20-17-22-13-10-11-14-25(22)27/h10-11,13-20,27H,2-9,12,21H2,1H3/b20-17+. The zero-order valence-corrected chi connectivity index (χ0v) is 18.4. The van der Waals surface area contributed by atoms with Gasteiger partial charge in [-0.25, -0.2) is 0 Å². The lowest BCUT2D eigenvalue weighted by Gasteiger charge is -2.04. The molecule has 0 aromatic heterocycles. The fourth-order valence-corrected chi connectivity index (χ4v) is 4.12. The van der Waals surface area contributed by atoms with E-state index in [2.05, 4.69) is 6.92 Å². The maximum Gasteiger partial charge on any atom is 0.185 e. The second kappa shape index (κ2) is 14.1. The minimum absolute atomic E-state index is 0.0521. The number of phenols is 1. The molecule has 0 atom stereocenters. The molecule has 29 heavy (non-hydrogen) atoms. The van der Waals surface area contributed by atoms with Crippen LogP contribution in [0.5, 0.6) is 5.75 Å². The molecule has 2 nitrogen and oxygen atoms in total. The first-order valence-electron chi connectivity index (χ1n) is 10.9. The molecule has 0 unspecified atom stereocenters. The Morgan fingerprint density at radius 2 is 1.48 bits per heavy atom. The van der Waals surface area contributed by atoms with Gasteiger partial charge in [-0.05, 0) is 54.7 Å². The zero-order valence-electron chi connectivity index (χ0n) is 17.6. The first-order chi connectivity index (χ1) is 14.2. The molecule has 0 saturated carbocycles. The van der Waals surface area contributed by atoms with E-state index < -0.39 is 0 Å². The SMILES string of the molecule is CCCCCCCCCCCSc1ccc(C(=O)/C=C/c2ccccc2O)cc1. The molecule has 0 amide bonds. The van der Waals surface area contributed by atoms with Gasteiger partial charge in [-0.3, -0.25) is 4.79 Å². The quantitative estimate of drug-likeness (QED) is 0.149. The molecule has 0 aliphatic heterocycles. The molecule has 0 saturated heterocycles. The van der Waals surface area contributed by atoms with Gasteiger partial charge in [0, 0.05) is 16.0 Å². The fourth-order valence-electron chi connectivity index (χ4n) is 3.21. The number of benzene rings is 2. The molecular weight excluding hydrogens is 376 g/mol. The lowest BCUT2D eigenvalue weighted by Crippen LogP contribution is -1.93. The molecule has 0 heterocycles. The number of unbranched alkanes of at least 4 members (excludes halogenated alkanes) is 8. The Kier molecular flexibility index (Phi) is 11.3. The smallest absolute Gasteiger partial charge is 0.185 e. The number of carbonyl (C=O) groups excluding carboxylic acids is 1. The molecule has 0 aliphatic rings. The third-order valence-electron chi connectivity index (χ3n) is 5.01. The van der Waals surface area contributed by atoms with Crippen LogP contribution < -0.4 is 0 Å².